The van der Waals surface area contributed by atoms with E-state index >= 15 is 0 Å². The lowest BCUT2D eigenvalue weighted by Crippen LogP contribution is -2.29. The smallest absolute Gasteiger partial charge is 0.303 e. The number of carbonyl (C=O) groups is 1. The number of fused-ring (bicyclic) bond motifs is 2. The number of hydrogen-bond donors (Lipinski definition) is 2. The number of aliphatic hydroxyl groups is 1. The Kier molecular flexibility index (Phi) is 7.34. The van der Waals surface area contributed by atoms with Crippen LogP contribution in [0.15, 0.2) is 0 Å². The average molecular weight is 316 g/mol. The first-order valence-corrected chi connectivity index (χ1v) is 9.43. The fourth-order valence-corrected chi connectivity index (χ4v) is 5.00. The van der Waals surface area contributed by atoms with E-state index in [-0.39, 0.29) is 0 Å². The third-order valence-electron chi connectivity index (χ3n) is 4.78. The minimum absolute atomic E-state index is 0.293. The second-order valence-corrected chi connectivity index (χ2v) is 7.41. The predicted molar refractivity (Wildman–Crippen MR) is 84.6 cm³/mol. The summed E-state index contributed by atoms with van der Waals surface area (Å²) >= 11 is 1.96. The molecule has 2 aliphatic rings. The van der Waals surface area contributed by atoms with Gasteiger partial charge in [-0.05, 0) is 61.9 Å². The summed E-state index contributed by atoms with van der Waals surface area (Å²) in [6.45, 7) is 0.296. The molecule has 0 aliphatic carbocycles. The predicted octanol–water partition coefficient (Wildman–Crippen LogP) is 2.93. The van der Waals surface area contributed by atoms with Gasteiger partial charge in [-0.3, -0.25) is 4.79 Å². The third-order valence-corrected chi connectivity index (χ3v) is 5.97. The van der Waals surface area contributed by atoms with Crippen LogP contribution >= 0.6 is 11.8 Å². The minimum atomic E-state index is -0.689. The molecule has 0 spiro atoms. The summed E-state index contributed by atoms with van der Waals surface area (Å²) in [5.74, 6) is 2.88. The Morgan fingerprint density at radius 1 is 1.10 bits per heavy atom. The van der Waals surface area contributed by atoms with Crippen molar-refractivity contribution in [3.8, 4) is 0 Å². The average Bonchev–Trinajstić information content (AvgIpc) is 3.04. The fraction of sp³-hybridized carbons (Fsp3) is 0.938. The zero-order chi connectivity index (χ0) is 15.1. The number of aliphatic hydroxyl groups excluding tert-OH is 1. The van der Waals surface area contributed by atoms with Gasteiger partial charge in [-0.15, -0.1) is 0 Å². The summed E-state index contributed by atoms with van der Waals surface area (Å²) in [5, 5.41) is 17.5. The van der Waals surface area contributed by atoms with Crippen LogP contribution in [0.25, 0.3) is 0 Å². The van der Waals surface area contributed by atoms with E-state index < -0.39 is 5.97 Å². The maximum absolute atomic E-state index is 10.5. The lowest BCUT2D eigenvalue weighted by atomic mass is 9.78. The van der Waals surface area contributed by atoms with Crippen LogP contribution in [0.3, 0.4) is 0 Å². The van der Waals surface area contributed by atoms with Gasteiger partial charge < -0.3 is 14.9 Å². The topological polar surface area (TPSA) is 66.8 Å². The minimum Gasteiger partial charge on any atom is -0.481 e. The summed E-state index contributed by atoms with van der Waals surface area (Å²) in [6.07, 6.45) is 8.62. The van der Waals surface area contributed by atoms with Gasteiger partial charge in [-0.2, -0.15) is 11.8 Å². The Hall–Kier alpha value is -0.260. The lowest BCUT2D eigenvalue weighted by Gasteiger charge is -2.27. The Balaban J connectivity index is 1.64. The number of thioether (sulfide) groups is 1. The number of rotatable bonds is 11. The van der Waals surface area contributed by atoms with Crippen molar-refractivity contribution in [1.82, 2.24) is 0 Å². The molecule has 2 rings (SSSR count). The molecule has 0 saturated carbocycles. The van der Waals surface area contributed by atoms with E-state index in [0.717, 1.165) is 37.2 Å². The van der Waals surface area contributed by atoms with Crippen LogP contribution in [0, 0.1) is 11.8 Å². The van der Waals surface area contributed by atoms with Crippen molar-refractivity contribution in [2.45, 2.75) is 63.6 Å². The Bertz CT molecular complexity index is 323. The van der Waals surface area contributed by atoms with Gasteiger partial charge in [0.15, 0.2) is 0 Å². The monoisotopic (exact) mass is 316 g/mol. The van der Waals surface area contributed by atoms with Gasteiger partial charge in [0.2, 0.25) is 0 Å². The second kappa shape index (κ2) is 9.01. The van der Waals surface area contributed by atoms with Gasteiger partial charge in [-0.25, -0.2) is 0 Å². The van der Waals surface area contributed by atoms with Gasteiger partial charge in [-0.1, -0.05) is 6.42 Å². The third kappa shape index (κ3) is 5.15. The Labute approximate surface area is 131 Å². The highest BCUT2D eigenvalue weighted by Crippen LogP contribution is 2.46. The molecule has 21 heavy (non-hydrogen) atoms. The molecule has 2 aliphatic heterocycles. The molecule has 0 radical (unpaired) electrons. The van der Waals surface area contributed by atoms with Crippen LogP contribution < -0.4 is 0 Å². The molecule has 0 amide bonds. The summed E-state index contributed by atoms with van der Waals surface area (Å²) in [7, 11) is 0. The second-order valence-electron chi connectivity index (χ2n) is 6.26. The van der Waals surface area contributed by atoms with Crippen LogP contribution in [0.2, 0.25) is 0 Å². The largest absolute Gasteiger partial charge is 0.481 e. The number of carboxylic acids is 1. The van der Waals surface area contributed by atoms with Crippen molar-refractivity contribution in [2.24, 2.45) is 11.8 Å². The first-order valence-electron chi connectivity index (χ1n) is 8.28. The van der Waals surface area contributed by atoms with Crippen molar-refractivity contribution in [2.75, 3.05) is 18.1 Å². The highest BCUT2D eigenvalue weighted by atomic mass is 32.2. The van der Waals surface area contributed by atoms with E-state index in [1.807, 2.05) is 11.8 Å². The van der Waals surface area contributed by atoms with Crippen LogP contribution in [-0.4, -0.2) is 46.5 Å². The van der Waals surface area contributed by atoms with Crippen LogP contribution in [0.4, 0.5) is 0 Å². The summed E-state index contributed by atoms with van der Waals surface area (Å²) in [6, 6.07) is 0. The molecule has 122 valence electrons. The SMILES string of the molecule is O=C(O)CCCCSCC1C2CCC(O2)C1CCCCO. The van der Waals surface area contributed by atoms with Gasteiger partial charge in [0.1, 0.15) is 0 Å². The highest BCUT2D eigenvalue weighted by Gasteiger charge is 2.47. The van der Waals surface area contributed by atoms with Crippen molar-refractivity contribution < 1.29 is 19.7 Å². The molecule has 4 atom stereocenters. The maximum atomic E-state index is 10.5. The molecule has 5 heteroatoms. The Morgan fingerprint density at radius 3 is 2.57 bits per heavy atom. The van der Waals surface area contributed by atoms with E-state index in [1.54, 1.807) is 0 Å². The van der Waals surface area contributed by atoms with E-state index in [1.165, 1.54) is 19.3 Å². The number of aliphatic carboxylic acids is 1. The van der Waals surface area contributed by atoms with Crippen molar-refractivity contribution in [1.29, 1.82) is 0 Å². The summed E-state index contributed by atoms with van der Waals surface area (Å²) < 4.78 is 6.08. The molecule has 0 aromatic rings. The molecule has 2 N–H and O–H groups in total. The Morgan fingerprint density at radius 2 is 1.86 bits per heavy atom. The highest BCUT2D eigenvalue weighted by molar-refractivity contribution is 7.99. The van der Waals surface area contributed by atoms with Gasteiger partial charge in [0.05, 0.1) is 12.2 Å². The van der Waals surface area contributed by atoms with E-state index in [2.05, 4.69) is 0 Å². The molecule has 2 saturated heterocycles. The number of unbranched alkanes of at least 4 members (excludes halogenated alkanes) is 2. The molecule has 4 nitrogen and oxygen atoms in total. The lowest BCUT2D eigenvalue weighted by molar-refractivity contribution is -0.137. The molecular formula is C16H28O4S. The van der Waals surface area contributed by atoms with Gasteiger partial charge in [0.25, 0.3) is 0 Å². The van der Waals surface area contributed by atoms with Crippen LogP contribution in [0.1, 0.15) is 51.4 Å². The first-order chi connectivity index (χ1) is 10.2. The van der Waals surface area contributed by atoms with E-state index in [4.69, 9.17) is 14.9 Å². The number of carboxylic acid groups (broad SMARTS) is 1. The van der Waals surface area contributed by atoms with Gasteiger partial charge >= 0.3 is 5.97 Å². The number of ether oxygens (including phenoxy) is 1. The van der Waals surface area contributed by atoms with E-state index in [0.29, 0.717) is 37.1 Å². The van der Waals surface area contributed by atoms with Gasteiger partial charge in [0, 0.05) is 13.0 Å². The molecule has 0 aromatic carbocycles. The van der Waals surface area contributed by atoms with Crippen molar-refractivity contribution in [3.05, 3.63) is 0 Å². The summed E-state index contributed by atoms with van der Waals surface area (Å²) in [4.78, 5) is 10.5. The zero-order valence-corrected chi connectivity index (χ0v) is 13.5. The fourth-order valence-electron chi connectivity index (χ4n) is 3.69. The molecule has 0 aromatic heterocycles. The van der Waals surface area contributed by atoms with E-state index in [9.17, 15) is 4.79 Å². The normalized spacial score (nSPS) is 30.9. The molecule has 2 heterocycles. The standard InChI is InChI=1S/C16H28O4S/c17-9-3-1-5-12-13(15-8-7-14(12)20-15)11-21-10-4-2-6-16(18)19/h12-15,17H,1-11H2,(H,18,19). The molecule has 2 fully saturated rings. The van der Waals surface area contributed by atoms with Crippen molar-refractivity contribution in [3.63, 3.8) is 0 Å². The van der Waals surface area contributed by atoms with Crippen molar-refractivity contribution >= 4 is 17.7 Å². The molecular weight excluding hydrogens is 288 g/mol. The van der Waals surface area contributed by atoms with Crippen LogP contribution in [-0.2, 0) is 9.53 Å². The quantitative estimate of drug-likeness (QED) is 0.574. The van der Waals surface area contributed by atoms with Crippen LogP contribution in [0.5, 0.6) is 0 Å². The first kappa shape index (κ1) is 17.1. The number of hydrogen-bond acceptors (Lipinski definition) is 4. The molecule has 2 bridgehead atoms. The zero-order valence-electron chi connectivity index (χ0n) is 12.7. The summed E-state index contributed by atoms with van der Waals surface area (Å²) in [5.41, 5.74) is 0. The maximum Gasteiger partial charge on any atom is 0.303 e. The molecule has 4 unspecified atom stereocenters.